The molecular weight excluding hydrogens is 386 g/mol. The number of nitrogens with one attached hydrogen (secondary N) is 1. The predicted octanol–water partition coefficient (Wildman–Crippen LogP) is 1.13. The zero-order valence-corrected chi connectivity index (χ0v) is 17.6. The van der Waals surface area contributed by atoms with Crippen molar-refractivity contribution in [3.8, 4) is 0 Å². The average Bonchev–Trinajstić information content (AvgIpc) is 3.42. The van der Waals surface area contributed by atoms with Crippen molar-refractivity contribution in [1.29, 1.82) is 0 Å². The predicted molar refractivity (Wildman–Crippen MR) is 108 cm³/mol. The maximum atomic E-state index is 12.8. The number of aromatic nitrogens is 5. The van der Waals surface area contributed by atoms with Crippen LogP contribution < -0.4 is 5.32 Å². The van der Waals surface area contributed by atoms with Crippen LogP contribution in [0.5, 0.6) is 0 Å². The van der Waals surface area contributed by atoms with E-state index in [1.807, 2.05) is 22.7 Å². The van der Waals surface area contributed by atoms with Crippen molar-refractivity contribution in [1.82, 2.24) is 35.0 Å². The van der Waals surface area contributed by atoms with Crippen LogP contribution in [0, 0.1) is 5.41 Å². The van der Waals surface area contributed by atoms with Crippen LogP contribution in [0.2, 0.25) is 0 Å². The highest BCUT2D eigenvalue weighted by Crippen LogP contribution is 2.56. The molecule has 1 atom stereocenters. The molecule has 0 aromatic carbocycles. The first-order valence-corrected chi connectivity index (χ1v) is 10.6. The fourth-order valence-corrected chi connectivity index (χ4v) is 4.54. The minimum Gasteiger partial charge on any atom is -0.383 e. The number of likely N-dealkylation sites (tertiary alicyclic amines) is 1. The molecule has 2 aromatic heterocycles. The molecule has 1 unspecified atom stereocenters. The van der Waals surface area contributed by atoms with Gasteiger partial charge in [-0.1, -0.05) is 5.21 Å². The van der Waals surface area contributed by atoms with E-state index in [2.05, 4.69) is 20.7 Å². The van der Waals surface area contributed by atoms with Gasteiger partial charge in [-0.3, -0.25) is 14.3 Å². The Bertz CT molecular complexity index is 898. The van der Waals surface area contributed by atoms with E-state index in [1.54, 1.807) is 24.1 Å². The number of amides is 2. The third kappa shape index (κ3) is 3.83. The lowest BCUT2D eigenvalue weighted by Crippen LogP contribution is -2.51. The van der Waals surface area contributed by atoms with Gasteiger partial charge in [0.05, 0.1) is 18.8 Å². The fraction of sp³-hybridized carbons (Fsp3) is 0.650. The summed E-state index contributed by atoms with van der Waals surface area (Å²) in [6.07, 6.45) is 7.56. The van der Waals surface area contributed by atoms with Gasteiger partial charge in [0.25, 0.3) is 11.8 Å². The molecule has 2 aromatic rings. The van der Waals surface area contributed by atoms with E-state index in [4.69, 9.17) is 4.74 Å². The summed E-state index contributed by atoms with van der Waals surface area (Å²) in [5, 5.41) is 15.4. The Hall–Kier alpha value is -2.75. The van der Waals surface area contributed by atoms with Gasteiger partial charge >= 0.3 is 0 Å². The lowest BCUT2D eigenvalue weighted by Gasteiger charge is -2.53. The lowest BCUT2D eigenvalue weighted by atomic mass is 9.59. The number of carbonyl (C=O) groups excluding carboxylic acids is 2. The zero-order valence-electron chi connectivity index (χ0n) is 17.6. The summed E-state index contributed by atoms with van der Waals surface area (Å²) in [5.41, 5.74) is 0.961. The summed E-state index contributed by atoms with van der Waals surface area (Å²) in [6.45, 7) is 5.08. The molecule has 2 amide bonds. The van der Waals surface area contributed by atoms with Crippen molar-refractivity contribution >= 4 is 11.8 Å². The van der Waals surface area contributed by atoms with E-state index < -0.39 is 0 Å². The molecule has 1 N–H and O–H groups in total. The lowest BCUT2D eigenvalue weighted by molar-refractivity contribution is -0.0269. The Morgan fingerprint density at radius 2 is 2.07 bits per heavy atom. The van der Waals surface area contributed by atoms with Crippen molar-refractivity contribution in [3.05, 3.63) is 29.8 Å². The highest BCUT2D eigenvalue weighted by molar-refractivity contribution is 5.92. The number of aryl methyl sites for hydroxylation is 1. The van der Waals surface area contributed by atoms with E-state index in [0.29, 0.717) is 37.6 Å². The molecule has 4 rings (SSSR count). The van der Waals surface area contributed by atoms with E-state index in [1.165, 1.54) is 0 Å². The van der Waals surface area contributed by atoms with E-state index in [9.17, 15) is 9.59 Å². The van der Waals surface area contributed by atoms with Crippen molar-refractivity contribution in [2.75, 3.05) is 33.4 Å². The van der Waals surface area contributed by atoms with Crippen LogP contribution >= 0.6 is 0 Å². The third-order valence-electron chi connectivity index (χ3n) is 6.51. The van der Waals surface area contributed by atoms with Crippen LogP contribution in [0.25, 0.3) is 0 Å². The Morgan fingerprint density at radius 1 is 1.27 bits per heavy atom. The third-order valence-corrected chi connectivity index (χ3v) is 6.51. The number of carbonyl (C=O) groups is 2. The molecular formula is C20H29N7O3. The first-order chi connectivity index (χ1) is 14.6. The van der Waals surface area contributed by atoms with Gasteiger partial charge < -0.3 is 15.0 Å². The van der Waals surface area contributed by atoms with Gasteiger partial charge in [-0.2, -0.15) is 5.10 Å². The molecule has 2 aliphatic rings. The number of methoxy groups -OCH3 is 1. The van der Waals surface area contributed by atoms with Gasteiger partial charge in [-0.15, -0.1) is 5.10 Å². The first-order valence-electron chi connectivity index (χ1n) is 10.6. The molecule has 162 valence electrons. The van der Waals surface area contributed by atoms with Crippen LogP contribution in [0.1, 0.15) is 59.6 Å². The highest BCUT2D eigenvalue weighted by Gasteiger charge is 2.50. The SMILES string of the molecule is CCn1ccc(C(=O)N2CCC3(CCC3n3cc(C(=O)NCCOC)nn3)CC2)n1. The number of hydrogen-bond acceptors (Lipinski definition) is 6. The molecule has 0 bridgehead atoms. The fourth-order valence-electron chi connectivity index (χ4n) is 4.54. The van der Waals surface area contributed by atoms with Gasteiger partial charge in [0.1, 0.15) is 5.69 Å². The van der Waals surface area contributed by atoms with Crippen molar-refractivity contribution in [2.24, 2.45) is 5.41 Å². The second-order valence-electron chi connectivity index (χ2n) is 8.10. The minimum absolute atomic E-state index is 0.00342. The van der Waals surface area contributed by atoms with Gasteiger partial charge in [-0.05, 0) is 44.1 Å². The first kappa shape index (κ1) is 20.5. The summed E-state index contributed by atoms with van der Waals surface area (Å²) in [6, 6.07) is 2.01. The molecule has 3 heterocycles. The standard InChI is InChI=1S/C20H29N7O3/c1-3-26-10-5-15(23-26)19(29)25-11-7-20(8-12-25)6-4-17(20)27-14-16(22-24-27)18(28)21-9-13-30-2/h5,10,14,17H,3-4,6-9,11-13H2,1-2H3,(H,21,28). The molecule has 1 saturated heterocycles. The summed E-state index contributed by atoms with van der Waals surface area (Å²) < 4.78 is 8.56. The number of rotatable bonds is 7. The zero-order chi connectivity index (χ0) is 21.1. The summed E-state index contributed by atoms with van der Waals surface area (Å²) in [4.78, 5) is 26.8. The molecule has 1 saturated carbocycles. The highest BCUT2D eigenvalue weighted by atomic mass is 16.5. The molecule has 10 heteroatoms. The Labute approximate surface area is 175 Å². The maximum Gasteiger partial charge on any atom is 0.274 e. The summed E-state index contributed by atoms with van der Waals surface area (Å²) >= 11 is 0. The second-order valence-corrected chi connectivity index (χ2v) is 8.10. The van der Waals surface area contributed by atoms with Gasteiger partial charge in [0, 0.05) is 39.5 Å². The van der Waals surface area contributed by atoms with Crippen LogP contribution in [-0.4, -0.2) is 74.8 Å². The quantitative estimate of drug-likeness (QED) is 0.680. The van der Waals surface area contributed by atoms with Crippen LogP contribution in [-0.2, 0) is 11.3 Å². The Balaban J connectivity index is 1.35. The Kier molecular flexibility index (Phi) is 5.85. The molecule has 2 fully saturated rings. The topological polar surface area (TPSA) is 107 Å². The van der Waals surface area contributed by atoms with Crippen LogP contribution in [0.3, 0.4) is 0 Å². The Morgan fingerprint density at radius 3 is 2.70 bits per heavy atom. The number of ether oxygens (including phenoxy) is 1. The molecule has 1 aliphatic carbocycles. The van der Waals surface area contributed by atoms with Gasteiger partial charge in [0.15, 0.2) is 5.69 Å². The van der Waals surface area contributed by atoms with Crippen molar-refractivity contribution in [3.63, 3.8) is 0 Å². The smallest absolute Gasteiger partial charge is 0.274 e. The minimum atomic E-state index is -0.237. The largest absolute Gasteiger partial charge is 0.383 e. The van der Waals surface area contributed by atoms with Crippen LogP contribution in [0.15, 0.2) is 18.5 Å². The number of nitrogens with zero attached hydrogens (tertiary/aromatic N) is 6. The normalized spacial score (nSPS) is 20.2. The monoisotopic (exact) mass is 415 g/mol. The molecule has 30 heavy (non-hydrogen) atoms. The number of hydrogen-bond donors (Lipinski definition) is 1. The van der Waals surface area contributed by atoms with E-state index in [-0.39, 0.29) is 23.3 Å². The molecule has 10 nitrogen and oxygen atoms in total. The van der Waals surface area contributed by atoms with Gasteiger partial charge in [-0.25, -0.2) is 4.68 Å². The summed E-state index contributed by atoms with van der Waals surface area (Å²) in [5.74, 6) is -0.234. The van der Waals surface area contributed by atoms with E-state index >= 15 is 0 Å². The average molecular weight is 415 g/mol. The second kappa shape index (κ2) is 8.55. The summed E-state index contributed by atoms with van der Waals surface area (Å²) in [7, 11) is 1.59. The molecule has 1 spiro atoms. The van der Waals surface area contributed by atoms with Crippen LogP contribution in [0.4, 0.5) is 0 Å². The molecule has 1 aliphatic heterocycles. The molecule has 0 radical (unpaired) electrons. The number of piperidine rings is 1. The van der Waals surface area contributed by atoms with E-state index in [0.717, 1.165) is 32.2 Å². The van der Waals surface area contributed by atoms with Gasteiger partial charge in [0.2, 0.25) is 0 Å². The van der Waals surface area contributed by atoms with Crippen molar-refractivity contribution in [2.45, 2.75) is 45.2 Å². The van der Waals surface area contributed by atoms with Crippen molar-refractivity contribution < 1.29 is 14.3 Å². The maximum absolute atomic E-state index is 12.8.